The number of hydrogen-bond acceptors (Lipinski definition) is 0. The van der Waals surface area contributed by atoms with Crippen molar-refractivity contribution in [2.75, 3.05) is 0 Å². The van der Waals surface area contributed by atoms with Crippen LogP contribution in [0.5, 0.6) is 0 Å². The first-order chi connectivity index (χ1) is 10.4. The van der Waals surface area contributed by atoms with Crippen LogP contribution >= 0.6 is 0 Å². The minimum atomic E-state index is -1.47. The van der Waals surface area contributed by atoms with E-state index >= 15 is 0 Å². The summed E-state index contributed by atoms with van der Waals surface area (Å²) < 4.78 is 0. The summed E-state index contributed by atoms with van der Waals surface area (Å²) in [5.41, 5.74) is 7.01. The number of allylic oxidation sites excluding steroid dienone is 4. The molecule has 0 nitrogen and oxygen atoms in total. The maximum atomic E-state index is 3.50. The lowest BCUT2D eigenvalue weighted by Crippen LogP contribution is -2.35. The van der Waals surface area contributed by atoms with E-state index in [0.29, 0.717) is 0 Å². The highest BCUT2D eigenvalue weighted by molar-refractivity contribution is 6.92. The zero-order valence-electron chi connectivity index (χ0n) is 18.2. The molecule has 0 aromatic heterocycles. The Labute approximate surface area is 156 Å². The molecule has 0 fully saturated rings. The molecule has 0 heterocycles. The van der Waals surface area contributed by atoms with Crippen molar-refractivity contribution < 1.29 is 0 Å². The SMILES string of the molecule is C[Si](C)(C)C#C/C=C(/C(=C/C#C[Si](C)(C)C)[Si](C)(C)C)[Si](C)(C)C. The molecule has 0 aliphatic heterocycles. The first-order valence-electron chi connectivity index (χ1n) is 8.90. The van der Waals surface area contributed by atoms with Crippen LogP contribution in [0.15, 0.2) is 22.5 Å². The molecule has 0 aliphatic carbocycles. The van der Waals surface area contributed by atoms with Crippen molar-refractivity contribution in [3.8, 4) is 22.9 Å². The molecule has 0 aromatic carbocycles. The van der Waals surface area contributed by atoms with Crippen LogP contribution in [0.2, 0.25) is 78.6 Å². The third-order valence-corrected chi connectivity index (χ3v) is 9.33. The van der Waals surface area contributed by atoms with Crippen LogP contribution in [0.25, 0.3) is 0 Å². The van der Waals surface area contributed by atoms with E-state index in [2.05, 4.69) is 114 Å². The second-order valence-corrected chi connectivity index (χ2v) is 30.2. The summed E-state index contributed by atoms with van der Waals surface area (Å²) in [6.07, 6.45) is 4.48. The van der Waals surface area contributed by atoms with Gasteiger partial charge >= 0.3 is 0 Å². The van der Waals surface area contributed by atoms with E-state index in [4.69, 9.17) is 0 Å². The van der Waals surface area contributed by atoms with Gasteiger partial charge in [0.25, 0.3) is 0 Å². The van der Waals surface area contributed by atoms with E-state index in [-0.39, 0.29) is 0 Å². The Hall–Kier alpha value is -0.532. The van der Waals surface area contributed by atoms with E-state index in [0.717, 1.165) is 0 Å². The van der Waals surface area contributed by atoms with Crippen LogP contribution < -0.4 is 0 Å². The van der Waals surface area contributed by atoms with E-state index < -0.39 is 32.3 Å². The van der Waals surface area contributed by atoms with Gasteiger partial charge in [-0.1, -0.05) is 101 Å². The lowest BCUT2D eigenvalue weighted by atomic mass is 10.4. The summed E-state index contributed by atoms with van der Waals surface area (Å²) in [6.45, 7) is 28.4. The standard InChI is InChI=1S/C20H38Si4/c1-21(2,3)17-13-15-19(23(7,8)9)20(24(10,11)12)16-14-18-22(4,5)6/h15-16H,1-12H3/b19-15-,20-16-. The van der Waals surface area contributed by atoms with E-state index in [1.54, 1.807) is 0 Å². The quantitative estimate of drug-likeness (QED) is 0.299. The second-order valence-electron chi connectivity index (χ2n) is 10.7. The van der Waals surface area contributed by atoms with Crippen molar-refractivity contribution in [1.82, 2.24) is 0 Å². The predicted molar refractivity (Wildman–Crippen MR) is 125 cm³/mol. The molecule has 0 unspecified atom stereocenters. The van der Waals surface area contributed by atoms with Gasteiger partial charge in [0.1, 0.15) is 16.1 Å². The van der Waals surface area contributed by atoms with Crippen molar-refractivity contribution in [3.05, 3.63) is 22.5 Å². The van der Waals surface area contributed by atoms with E-state index in [9.17, 15) is 0 Å². The van der Waals surface area contributed by atoms with Gasteiger partial charge in [-0.25, -0.2) is 0 Å². The predicted octanol–water partition coefficient (Wildman–Crippen LogP) is 6.36. The van der Waals surface area contributed by atoms with Gasteiger partial charge in [-0.3, -0.25) is 0 Å². The topological polar surface area (TPSA) is 0 Å². The summed E-state index contributed by atoms with van der Waals surface area (Å²) in [5, 5.41) is 3.02. The monoisotopic (exact) mass is 390 g/mol. The third kappa shape index (κ3) is 10.4. The fourth-order valence-corrected chi connectivity index (χ4v) is 8.08. The normalized spacial score (nSPS) is 14.5. The van der Waals surface area contributed by atoms with Gasteiger partial charge in [0.2, 0.25) is 0 Å². The Morgan fingerprint density at radius 2 is 0.750 bits per heavy atom. The molecule has 0 atom stereocenters. The molecule has 0 bridgehead atoms. The highest BCUT2D eigenvalue weighted by Crippen LogP contribution is 2.29. The lowest BCUT2D eigenvalue weighted by Gasteiger charge is -2.30. The Morgan fingerprint density at radius 1 is 0.500 bits per heavy atom. The highest BCUT2D eigenvalue weighted by atomic mass is 28.3. The first-order valence-corrected chi connectivity index (χ1v) is 22.9. The minimum absolute atomic E-state index is 1.33. The molecular formula is C20H38Si4. The van der Waals surface area contributed by atoms with Crippen LogP contribution in [-0.2, 0) is 0 Å². The maximum Gasteiger partial charge on any atom is 0.129 e. The Bertz CT molecular complexity index is 559. The van der Waals surface area contributed by atoms with Gasteiger partial charge in [0, 0.05) is 0 Å². The van der Waals surface area contributed by atoms with Gasteiger partial charge in [0.15, 0.2) is 0 Å². The van der Waals surface area contributed by atoms with Crippen molar-refractivity contribution in [3.63, 3.8) is 0 Å². The fraction of sp³-hybridized carbons (Fsp3) is 0.600. The Morgan fingerprint density at radius 3 is 0.917 bits per heavy atom. The molecule has 4 heteroatoms. The molecule has 0 aliphatic rings. The molecule has 0 N–H and O–H groups in total. The van der Waals surface area contributed by atoms with E-state index in [1.807, 2.05) is 0 Å². The molecule has 0 saturated heterocycles. The molecule has 24 heavy (non-hydrogen) atoms. The summed E-state index contributed by atoms with van der Waals surface area (Å²) in [6, 6.07) is 0. The smallest absolute Gasteiger partial charge is 0.127 e. The molecule has 0 spiro atoms. The average molecular weight is 391 g/mol. The molecule has 0 radical (unpaired) electrons. The van der Waals surface area contributed by atoms with Gasteiger partial charge < -0.3 is 0 Å². The Kier molecular flexibility index (Phi) is 8.05. The molecule has 134 valence electrons. The largest absolute Gasteiger partial charge is 0.129 e. The summed E-state index contributed by atoms with van der Waals surface area (Å²) in [4.78, 5) is 0. The first kappa shape index (κ1) is 23.5. The average Bonchev–Trinajstić information content (AvgIpc) is 2.25. The molecule has 0 rings (SSSR count). The van der Waals surface area contributed by atoms with Gasteiger partial charge in [-0.05, 0) is 12.2 Å². The van der Waals surface area contributed by atoms with Crippen LogP contribution in [-0.4, -0.2) is 32.3 Å². The van der Waals surface area contributed by atoms with Crippen molar-refractivity contribution >= 4 is 32.3 Å². The summed E-state index contributed by atoms with van der Waals surface area (Å²) in [7, 11) is -5.61. The van der Waals surface area contributed by atoms with Gasteiger partial charge in [0.05, 0.1) is 16.1 Å². The summed E-state index contributed by atoms with van der Waals surface area (Å²) in [5.74, 6) is 6.84. The fourth-order valence-electron chi connectivity index (χ4n) is 2.05. The Balaban J connectivity index is 6.24. The third-order valence-electron chi connectivity index (χ3n) is 3.23. The number of rotatable bonds is 3. The molecular weight excluding hydrogens is 353 g/mol. The highest BCUT2D eigenvalue weighted by Gasteiger charge is 2.30. The van der Waals surface area contributed by atoms with Crippen molar-refractivity contribution in [1.29, 1.82) is 0 Å². The van der Waals surface area contributed by atoms with Crippen molar-refractivity contribution in [2.45, 2.75) is 78.6 Å². The van der Waals surface area contributed by atoms with Crippen LogP contribution in [0, 0.1) is 22.9 Å². The number of hydrogen-bond donors (Lipinski definition) is 0. The molecule has 0 saturated carbocycles. The van der Waals surface area contributed by atoms with Crippen molar-refractivity contribution in [2.24, 2.45) is 0 Å². The van der Waals surface area contributed by atoms with Gasteiger partial charge in [-0.2, -0.15) is 0 Å². The zero-order valence-corrected chi connectivity index (χ0v) is 22.2. The van der Waals surface area contributed by atoms with E-state index in [1.165, 1.54) is 10.4 Å². The second kappa shape index (κ2) is 8.23. The lowest BCUT2D eigenvalue weighted by molar-refractivity contribution is 1.55. The van der Waals surface area contributed by atoms with Crippen LogP contribution in [0.1, 0.15) is 0 Å². The van der Waals surface area contributed by atoms with Crippen LogP contribution in [0.3, 0.4) is 0 Å². The molecule has 0 aromatic rings. The summed E-state index contributed by atoms with van der Waals surface area (Å²) >= 11 is 0. The zero-order chi connectivity index (χ0) is 19.4. The maximum absolute atomic E-state index is 3.50. The van der Waals surface area contributed by atoms with Crippen LogP contribution in [0.4, 0.5) is 0 Å². The minimum Gasteiger partial charge on any atom is -0.127 e. The molecule has 0 amide bonds. The van der Waals surface area contributed by atoms with Gasteiger partial charge in [-0.15, -0.1) is 11.1 Å².